The third-order valence-corrected chi connectivity index (χ3v) is 9.98. The van der Waals surface area contributed by atoms with Crippen molar-refractivity contribution in [3.05, 3.63) is 148 Å². The van der Waals surface area contributed by atoms with Crippen molar-refractivity contribution in [2.45, 2.75) is 44.6 Å². The third kappa shape index (κ3) is 5.36. The average molecular weight is 575 g/mol. The van der Waals surface area contributed by atoms with Crippen molar-refractivity contribution in [1.82, 2.24) is 0 Å². The summed E-state index contributed by atoms with van der Waals surface area (Å²) in [7, 11) is 0. The summed E-state index contributed by atoms with van der Waals surface area (Å²) in [6.07, 6.45) is 8.84. The Morgan fingerprint density at radius 2 is 1.56 bits per heavy atom. The number of nitrogens with zero attached hydrogens (tertiary/aromatic N) is 2. The largest absolute Gasteiger partial charge is 0.338 e. The summed E-state index contributed by atoms with van der Waals surface area (Å²) in [5.41, 5.74) is 11.1. The first-order valence-electron chi connectivity index (χ1n) is 15.3. The van der Waals surface area contributed by atoms with Crippen LogP contribution in [0.3, 0.4) is 0 Å². The minimum absolute atomic E-state index is 0.514. The molecule has 4 aromatic carbocycles. The Morgan fingerprint density at radius 1 is 0.837 bits per heavy atom. The zero-order valence-corrected chi connectivity index (χ0v) is 25.2. The van der Waals surface area contributed by atoms with E-state index in [1.54, 1.807) is 11.3 Å². The van der Waals surface area contributed by atoms with E-state index in [0.29, 0.717) is 12.0 Å². The summed E-state index contributed by atoms with van der Waals surface area (Å²) in [6, 6.07) is 44.7. The Morgan fingerprint density at radius 3 is 2.23 bits per heavy atom. The predicted molar refractivity (Wildman–Crippen MR) is 182 cm³/mol. The fourth-order valence-corrected chi connectivity index (χ4v) is 7.76. The zero-order valence-electron chi connectivity index (χ0n) is 24.4. The first-order valence-corrected chi connectivity index (χ1v) is 16.1. The van der Waals surface area contributed by atoms with E-state index in [-0.39, 0.29) is 0 Å². The number of rotatable bonds is 7. The molecule has 5 aromatic rings. The van der Waals surface area contributed by atoms with Gasteiger partial charge < -0.3 is 4.90 Å². The van der Waals surface area contributed by atoms with Gasteiger partial charge in [0, 0.05) is 38.7 Å². The molecule has 2 aliphatic rings. The fraction of sp³-hybridized carbons (Fsp3) is 0.175. The van der Waals surface area contributed by atoms with Crippen molar-refractivity contribution in [1.29, 1.82) is 5.26 Å². The molecule has 1 aliphatic carbocycles. The fourth-order valence-electron chi connectivity index (χ4n) is 6.78. The molecule has 0 amide bonds. The van der Waals surface area contributed by atoms with E-state index in [0.717, 1.165) is 16.9 Å². The molecule has 0 saturated heterocycles. The van der Waals surface area contributed by atoms with Gasteiger partial charge in [-0.2, -0.15) is 5.26 Å². The van der Waals surface area contributed by atoms with Gasteiger partial charge in [0.05, 0.1) is 6.07 Å². The second kappa shape index (κ2) is 11.9. The Labute approximate surface area is 258 Å². The van der Waals surface area contributed by atoms with Crippen molar-refractivity contribution in [2.24, 2.45) is 0 Å². The molecular formula is C40H34N2S. The van der Waals surface area contributed by atoms with Crippen LogP contribution in [0, 0.1) is 11.3 Å². The van der Waals surface area contributed by atoms with Crippen LogP contribution in [-0.4, -0.2) is 6.04 Å². The number of fused-ring (bicyclic) bond motifs is 3. The molecule has 43 heavy (non-hydrogen) atoms. The summed E-state index contributed by atoms with van der Waals surface area (Å²) in [5, 5.41) is 9.35. The van der Waals surface area contributed by atoms with E-state index in [1.807, 2.05) is 13.0 Å². The van der Waals surface area contributed by atoms with Gasteiger partial charge in [-0.25, -0.2) is 0 Å². The van der Waals surface area contributed by atoms with Crippen LogP contribution >= 0.6 is 11.3 Å². The minimum atomic E-state index is 0.514. The molecule has 0 bridgehead atoms. The van der Waals surface area contributed by atoms with Crippen LogP contribution in [0.5, 0.6) is 0 Å². The van der Waals surface area contributed by atoms with Crippen LogP contribution < -0.4 is 4.90 Å². The molecule has 1 saturated carbocycles. The lowest BCUT2D eigenvalue weighted by Gasteiger charge is -2.27. The predicted octanol–water partition coefficient (Wildman–Crippen LogP) is 11.1. The quantitative estimate of drug-likeness (QED) is 0.143. The SMILES string of the molecule is CC/C(C#N)=C/c1ccc(-c2ccc3c(c2)C2CCCC2N3c2ccc(C=C(c3ccccc3)c3ccccc3)cc2)s1. The van der Waals surface area contributed by atoms with Gasteiger partial charge in [0.1, 0.15) is 0 Å². The van der Waals surface area contributed by atoms with Crippen LogP contribution in [0.25, 0.3) is 28.2 Å². The molecule has 1 aliphatic heterocycles. The maximum absolute atomic E-state index is 9.35. The van der Waals surface area contributed by atoms with E-state index in [4.69, 9.17) is 0 Å². The lowest BCUT2D eigenvalue weighted by molar-refractivity contribution is 0.642. The van der Waals surface area contributed by atoms with Gasteiger partial charge >= 0.3 is 0 Å². The summed E-state index contributed by atoms with van der Waals surface area (Å²) < 4.78 is 0. The maximum Gasteiger partial charge on any atom is 0.0947 e. The van der Waals surface area contributed by atoms with Gasteiger partial charge in [-0.3, -0.25) is 0 Å². The Hall–Kier alpha value is -4.65. The standard InChI is InChI=1S/C40H34N2S/c1-2-28(27-41)24-34-21-23-40(43-34)32-18-22-39-37(26-32)35-14-9-15-38(35)42(39)33-19-16-29(17-20-33)25-36(30-10-5-3-6-11-30)31-12-7-4-8-13-31/h3-8,10-13,16-26,35,38H,2,9,14-15H2,1H3/b28-24-. The van der Waals surface area contributed by atoms with E-state index in [2.05, 4.69) is 132 Å². The molecule has 1 aromatic heterocycles. The maximum atomic E-state index is 9.35. The molecule has 2 unspecified atom stereocenters. The highest BCUT2D eigenvalue weighted by Gasteiger charge is 2.42. The van der Waals surface area contributed by atoms with E-state index in [1.165, 1.54) is 68.9 Å². The molecule has 210 valence electrons. The first-order chi connectivity index (χ1) is 21.2. The smallest absolute Gasteiger partial charge is 0.0947 e. The Kier molecular flexibility index (Phi) is 7.54. The van der Waals surface area contributed by atoms with Crippen molar-refractivity contribution in [2.75, 3.05) is 4.90 Å². The molecule has 0 spiro atoms. The highest BCUT2D eigenvalue weighted by molar-refractivity contribution is 7.16. The van der Waals surface area contributed by atoms with Gasteiger partial charge in [0.2, 0.25) is 0 Å². The van der Waals surface area contributed by atoms with Crippen LogP contribution in [0.4, 0.5) is 11.4 Å². The molecule has 0 radical (unpaired) electrons. The molecule has 3 heteroatoms. The highest BCUT2D eigenvalue weighted by Crippen LogP contribution is 2.53. The van der Waals surface area contributed by atoms with Crippen LogP contribution in [0.15, 0.2) is 121 Å². The van der Waals surface area contributed by atoms with Gasteiger partial charge in [-0.05, 0) is 101 Å². The monoisotopic (exact) mass is 574 g/mol. The number of anilines is 2. The van der Waals surface area contributed by atoms with Gasteiger partial charge in [0.15, 0.2) is 0 Å². The van der Waals surface area contributed by atoms with E-state index < -0.39 is 0 Å². The van der Waals surface area contributed by atoms with E-state index >= 15 is 0 Å². The van der Waals surface area contributed by atoms with Crippen molar-refractivity contribution >= 4 is 40.4 Å². The topological polar surface area (TPSA) is 27.0 Å². The lowest BCUT2D eigenvalue weighted by Crippen LogP contribution is -2.26. The molecular weight excluding hydrogens is 541 g/mol. The lowest BCUT2D eigenvalue weighted by atomic mass is 9.95. The van der Waals surface area contributed by atoms with Crippen LogP contribution in [0.2, 0.25) is 0 Å². The van der Waals surface area contributed by atoms with Crippen molar-refractivity contribution < 1.29 is 0 Å². The van der Waals surface area contributed by atoms with Crippen molar-refractivity contribution in [3.63, 3.8) is 0 Å². The van der Waals surface area contributed by atoms with Gasteiger partial charge in [-0.1, -0.05) is 92.2 Å². The number of hydrogen-bond acceptors (Lipinski definition) is 3. The Bertz CT molecular complexity index is 1800. The molecule has 2 atom stereocenters. The highest BCUT2D eigenvalue weighted by atomic mass is 32.1. The molecule has 2 heterocycles. The Balaban J connectivity index is 1.20. The molecule has 1 fully saturated rings. The average Bonchev–Trinajstić information content (AvgIpc) is 3.80. The molecule has 7 rings (SSSR count). The minimum Gasteiger partial charge on any atom is -0.338 e. The second-order valence-corrected chi connectivity index (χ2v) is 12.6. The number of thiophene rings is 1. The van der Waals surface area contributed by atoms with Gasteiger partial charge in [0.25, 0.3) is 0 Å². The summed E-state index contributed by atoms with van der Waals surface area (Å²) in [6.45, 7) is 2.03. The number of allylic oxidation sites excluding steroid dienone is 1. The normalized spacial score (nSPS) is 17.3. The van der Waals surface area contributed by atoms with Crippen LogP contribution in [0.1, 0.15) is 65.7 Å². The van der Waals surface area contributed by atoms with Crippen LogP contribution in [-0.2, 0) is 0 Å². The summed E-state index contributed by atoms with van der Waals surface area (Å²) in [4.78, 5) is 5.01. The molecule has 2 nitrogen and oxygen atoms in total. The summed E-state index contributed by atoms with van der Waals surface area (Å²) in [5.74, 6) is 0.571. The third-order valence-electron chi connectivity index (χ3n) is 8.90. The second-order valence-electron chi connectivity index (χ2n) is 11.5. The van der Waals surface area contributed by atoms with Crippen molar-refractivity contribution in [3.8, 4) is 16.5 Å². The number of hydrogen-bond donors (Lipinski definition) is 0. The van der Waals surface area contributed by atoms with Gasteiger partial charge in [-0.15, -0.1) is 11.3 Å². The van der Waals surface area contributed by atoms with E-state index in [9.17, 15) is 5.26 Å². The zero-order chi connectivity index (χ0) is 29.2. The number of nitriles is 1. The number of benzene rings is 4. The molecule has 0 N–H and O–H groups in total. The summed E-state index contributed by atoms with van der Waals surface area (Å²) >= 11 is 1.77. The first kappa shape index (κ1) is 27.2.